The van der Waals surface area contributed by atoms with E-state index in [4.69, 9.17) is 23.2 Å². The maximum Gasteiger partial charge on any atom is 0.112 e. The largest absolute Gasteiger partial charge is 0.314 e. The second-order valence-electron chi connectivity index (χ2n) is 3.58. The van der Waals surface area contributed by atoms with E-state index in [1.165, 1.54) is 11.3 Å². The van der Waals surface area contributed by atoms with Crippen molar-refractivity contribution in [2.75, 3.05) is 20.1 Å². The minimum absolute atomic E-state index is 0. The molecule has 0 unspecified atom stereocenters. The highest BCUT2D eigenvalue weighted by Gasteiger charge is 2.22. The molecule has 1 aromatic heterocycles. The Bertz CT molecular complexity index is 325. The van der Waals surface area contributed by atoms with Crippen molar-refractivity contribution in [3.05, 3.63) is 20.3 Å². The predicted octanol–water partition coefficient (Wildman–Crippen LogP) is 2.88. The summed E-state index contributed by atoms with van der Waals surface area (Å²) in [7, 11) is 2.12. The molecule has 2 rings (SSSR count). The van der Waals surface area contributed by atoms with Crippen LogP contribution in [0.4, 0.5) is 0 Å². The maximum absolute atomic E-state index is 6.05. The Morgan fingerprint density at radius 3 is 2.60 bits per heavy atom. The Morgan fingerprint density at radius 1 is 1.53 bits per heavy atom. The van der Waals surface area contributed by atoms with Gasteiger partial charge >= 0.3 is 0 Å². The van der Waals surface area contributed by atoms with Gasteiger partial charge in [0.2, 0.25) is 0 Å². The SMILES string of the molecule is CN(Cc1csc(Cl)c1Cl)C1CNC1.Cl. The van der Waals surface area contributed by atoms with Crippen LogP contribution in [-0.4, -0.2) is 31.1 Å². The number of rotatable bonds is 3. The zero-order chi connectivity index (χ0) is 10.1. The van der Waals surface area contributed by atoms with Gasteiger partial charge in [-0.3, -0.25) is 4.90 Å². The number of hydrogen-bond donors (Lipinski definition) is 1. The summed E-state index contributed by atoms with van der Waals surface area (Å²) in [5, 5.41) is 6.00. The van der Waals surface area contributed by atoms with Crippen LogP contribution >= 0.6 is 46.9 Å². The topological polar surface area (TPSA) is 15.3 Å². The van der Waals surface area contributed by atoms with Gasteiger partial charge in [-0.15, -0.1) is 23.7 Å². The predicted molar refractivity (Wildman–Crippen MR) is 69.7 cm³/mol. The molecule has 86 valence electrons. The molecular formula is C9H13Cl3N2S. The van der Waals surface area contributed by atoms with E-state index in [1.54, 1.807) is 0 Å². The maximum atomic E-state index is 6.05. The van der Waals surface area contributed by atoms with E-state index in [2.05, 4.69) is 17.3 Å². The number of likely N-dealkylation sites (N-methyl/N-ethyl adjacent to an activating group) is 1. The van der Waals surface area contributed by atoms with Crippen molar-refractivity contribution >= 4 is 46.9 Å². The molecule has 2 heterocycles. The Balaban J connectivity index is 0.00000112. The standard InChI is InChI=1S/C9H12Cl2N2S.ClH/c1-13(7-2-12-3-7)4-6-5-14-9(11)8(6)10;/h5,7,12H,2-4H2,1H3;1H. The summed E-state index contributed by atoms with van der Waals surface area (Å²) in [6.07, 6.45) is 0. The molecule has 0 saturated carbocycles. The minimum Gasteiger partial charge on any atom is -0.314 e. The lowest BCUT2D eigenvalue weighted by atomic mass is 10.1. The van der Waals surface area contributed by atoms with Crippen LogP contribution in [0.25, 0.3) is 0 Å². The minimum atomic E-state index is 0. The van der Waals surface area contributed by atoms with Crippen molar-refractivity contribution in [2.45, 2.75) is 12.6 Å². The zero-order valence-electron chi connectivity index (χ0n) is 8.30. The van der Waals surface area contributed by atoms with Gasteiger partial charge in [-0.2, -0.15) is 0 Å². The summed E-state index contributed by atoms with van der Waals surface area (Å²) in [4.78, 5) is 2.31. The van der Waals surface area contributed by atoms with Gasteiger partial charge in [0, 0.05) is 25.7 Å². The zero-order valence-corrected chi connectivity index (χ0v) is 11.4. The summed E-state index contributed by atoms with van der Waals surface area (Å²) < 4.78 is 0.696. The Kier molecular flexibility index (Phi) is 5.16. The van der Waals surface area contributed by atoms with E-state index in [9.17, 15) is 0 Å². The van der Waals surface area contributed by atoms with Crippen molar-refractivity contribution in [1.29, 1.82) is 0 Å². The number of thiophene rings is 1. The van der Waals surface area contributed by atoms with Gasteiger partial charge < -0.3 is 5.32 Å². The molecule has 0 aliphatic carbocycles. The first kappa shape index (κ1) is 13.6. The molecule has 1 N–H and O–H groups in total. The number of nitrogens with zero attached hydrogens (tertiary/aromatic N) is 1. The van der Waals surface area contributed by atoms with Crippen LogP contribution < -0.4 is 5.32 Å². The Hall–Kier alpha value is 0.490. The van der Waals surface area contributed by atoms with Crippen molar-refractivity contribution in [3.8, 4) is 0 Å². The molecule has 0 aromatic carbocycles. The van der Waals surface area contributed by atoms with Crippen molar-refractivity contribution in [3.63, 3.8) is 0 Å². The number of hydrogen-bond acceptors (Lipinski definition) is 3. The molecular weight excluding hydrogens is 275 g/mol. The highest BCUT2D eigenvalue weighted by molar-refractivity contribution is 7.15. The van der Waals surface area contributed by atoms with Gasteiger partial charge in [0.1, 0.15) is 4.34 Å². The van der Waals surface area contributed by atoms with Crippen LogP contribution in [-0.2, 0) is 6.54 Å². The second-order valence-corrected chi connectivity index (χ2v) is 5.44. The van der Waals surface area contributed by atoms with Gasteiger partial charge in [0.05, 0.1) is 5.02 Å². The first-order chi connectivity index (χ1) is 6.68. The van der Waals surface area contributed by atoms with Crippen LogP contribution in [0.3, 0.4) is 0 Å². The lowest BCUT2D eigenvalue weighted by Crippen LogP contribution is -2.55. The molecule has 6 heteroatoms. The fraction of sp³-hybridized carbons (Fsp3) is 0.556. The summed E-state index contributed by atoms with van der Waals surface area (Å²) in [6, 6.07) is 0.643. The second kappa shape index (κ2) is 5.71. The molecule has 0 atom stereocenters. The quantitative estimate of drug-likeness (QED) is 0.920. The van der Waals surface area contributed by atoms with Gasteiger partial charge in [0.25, 0.3) is 0 Å². The lowest BCUT2D eigenvalue weighted by Gasteiger charge is -2.35. The van der Waals surface area contributed by atoms with Crippen molar-refractivity contribution in [2.24, 2.45) is 0 Å². The molecule has 1 aliphatic rings. The summed E-state index contributed by atoms with van der Waals surface area (Å²) in [5.41, 5.74) is 1.14. The van der Waals surface area contributed by atoms with E-state index in [1.807, 2.05) is 5.38 Å². The van der Waals surface area contributed by atoms with Crippen molar-refractivity contribution < 1.29 is 0 Å². The van der Waals surface area contributed by atoms with E-state index in [0.29, 0.717) is 10.4 Å². The fourth-order valence-corrected chi connectivity index (χ4v) is 2.68. The highest BCUT2D eigenvalue weighted by Crippen LogP contribution is 2.33. The smallest absolute Gasteiger partial charge is 0.112 e. The van der Waals surface area contributed by atoms with Gasteiger partial charge in [-0.05, 0) is 18.0 Å². The molecule has 0 spiro atoms. The third-order valence-electron chi connectivity index (χ3n) is 2.56. The molecule has 2 nitrogen and oxygen atoms in total. The monoisotopic (exact) mass is 286 g/mol. The average Bonchev–Trinajstić information content (AvgIpc) is 2.33. The first-order valence-electron chi connectivity index (χ1n) is 4.51. The molecule has 0 radical (unpaired) electrons. The van der Waals surface area contributed by atoms with Crippen LogP contribution in [0.5, 0.6) is 0 Å². The molecule has 1 aliphatic heterocycles. The molecule has 1 saturated heterocycles. The fourth-order valence-electron chi connectivity index (χ4n) is 1.44. The summed E-state index contributed by atoms with van der Waals surface area (Å²) >= 11 is 13.5. The van der Waals surface area contributed by atoms with Crippen LogP contribution in [0.1, 0.15) is 5.56 Å². The molecule has 1 fully saturated rings. The number of nitrogens with one attached hydrogen (secondary N) is 1. The Labute approximate surface area is 110 Å². The molecule has 0 amide bonds. The summed E-state index contributed by atoms with van der Waals surface area (Å²) in [5.74, 6) is 0. The third kappa shape index (κ3) is 2.99. The van der Waals surface area contributed by atoms with Gasteiger partial charge in [-0.25, -0.2) is 0 Å². The lowest BCUT2D eigenvalue weighted by molar-refractivity contribution is 0.173. The molecule has 15 heavy (non-hydrogen) atoms. The molecule has 0 bridgehead atoms. The van der Waals surface area contributed by atoms with E-state index < -0.39 is 0 Å². The molecule has 1 aromatic rings. The summed E-state index contributed by atoms with van der Waals surface area (Å²) in [6.45, 7) is 3.03. The number of halogens is 3. The van der Waals surface area contributed by atoms with E-state index in [0.717, 1.165) is 30.2 Å². The Morgan fingerprint density at radius 2 is 2.20 bits per heavy atom. The van der Waals surface area contributed by atoms with Gasteiger partial charge in [-0.1, -0.05) is 23.2 Å². The van der Waals surface area contributed by atoms with E-state index >= 15 is 0 Å². The van der Waals surface area contributed by atoms with Crippen LogP contribution in [0.2, 0.25) is 9.36 Å². The van der Waals surface area contributed by atoms with Crippen LogP contribution in [0.15, 0.2) is 5.38 Å². The average molecular weight is 288 g/mol. The third-order valence-corrected chi connectivity index (χ3v) is 4.47. The van der Waals surface area contributed by atoms with Gasteiger partial charge in [0.15, 0.2) is 0 Å². The van der Waals surface area contributed by atoms with E-state index in [-0.39, 0.29) is 12.4 Å². The van der Waals surface area contributed by atoms with Crippen molar-refractivity contribution in [1.82, 2.24) is 10.2 Å². The van der Waals surface area contributed by atoms with Crippen LogP contribution in [0, 0.1) is 0 Å². The first-order valence-corrected chi connectivity index (χ1v) is 6.14. The normalized spacial score (nSPS) is 16.3. The highest BCUT2D eigenvalue weighted by atomic mass is 35.5.